The third kappa shape index (κ3) is 3.69. The lowest BCUT2D eigenvalue weighted by Crippen LogP contribution is -2.39. The number of carbonyl (C=O) groups is 2. The fourth-order valence-electron chi connectivity index (χ4n) is 3.15. The zero-order valence-corrected chi connectivity index (χ0v) is 16.8. The molecule has 2 amide bonds. The fraction of sp³-hybridized carbons (Fsp3) is 0.474. The van der Waals surface area contributed by atoms with Gasteiger partial charge in [-0.2, -0.15) is 9.61 Å². The number of rotatable bonds is 3. The second kappa shape index (κ2) is 6.77. The maximum absolute atomic E-state index is 12.9. The zero-order chi connectivity index (χ0) is 20.1. The number of ether oxygens (including phenoxy) is 1. The number of halogens is 1. The van der Waals surface area contributed by atoms with Gasteiger partial charge in [0.1, 0.15) is 16.6 Å². The number of nitrogens with zero attached hydrogens (tertiary/aromatic N) is 4. The second-order valence-corrected chi connectivity index (χ2v) is 8.42. The average molecular weight is 404 g/mol. The van der Waals surface area contributed by atoms with Crippen molar-refractivity contribution in [1.29, 1.82) is 0 Å². The van der Waals surface area contributed by atoms with E-state index in [-0.39, 0.29) is 17.1 Å². The number of fused-ring (bicyclic) bond motifs is 1. The van der Waals surface area contributed by atoms with Gasteiger partial charge in [-0.15, -0.1) is 0 Å². The molecule has 1 saturated heterocycles. The second-order valence-electron chi connectivity index (χ2n) is 8.03. The lowest BCUT2D eigenvalue weighted by atomic mass is 10.1. The van der Waals surface area contributed by atoms with Gasteiger partial charge in [0.25, 0.3) is 0 Å². The van der Waals surface area contributed by atoms with Crippen LogP contribution in [-0.4, -0.2) is 44.8 Å². The number of nitrogens with one attached hydrogen (secondary N) is 1. The molecule has 9 heteroatoms. The Morgan fingerprint density at radius 3 is 2.79 bits per heavy atom. The maximum Gasteiger partial charge on any atom is 0.416 e. The minimum atomic E-state index is -0.615. The molecule has 0 unspecified atom stereocenters. The number of hydrogen-bond acceptors (Lipinski definition) is 5. The molecule has 3 heterocycles. The van der Waals surface area contributed by atoms with Crippen LogP contribution in [0, 0.1) is 0 Å². The third-order valence-corrected chi connectivity index (χ3v) is 4.69. The molecule has 0 spiro atoms. The van der Waals surface area contributed by atoms with Crippen LogP contribution in [0.2, 0.25) is 5.15 Å². The van der Waals surface area contributed by atoms with Crippen LogP contribution < -0.4 is 10.2 Å². The SMILES string of the molecule is CC(C)(C)OC(=O)N(c1cc(Cl)nc2c(C=C3CCNC3=O)cnn12)C1CC1. The molecule has 2 aliphatic rings. The monoisotopic (exact) mass is 403 g/mol. The Morgan fingerprint density at radius 1 is 1.43 bits per heavy atom. The molecule has 148 valence electrons. The van der Waals surface area contributed by atoms with Crippen molar-refractivity contribution in [3.05, 3.63) is 28.6 Å². The summed E-state index contributed by atoms with van der Waals surface area (Å²) in [5.41, 5.74) is 1.22. The predicted molar refractivity (Wildman–Crippen MR) is 105 cm³/mol. The van der Waals surface area contributed by atoms with Crippen LogP contribution >= 0.6 is 11.6 Å². The van der Waals surface area contributed by atoms with Crippen LogP contribution in [0.1, 0.15) is 45.6 Å². The smallest absolute Gasteiger partial charge is 0.416 e. The van der Waals surface area contributed by atoms with Gasteiger partial charge in [-0.1, -0.05) is 11.6 Å². The van der Waals surface area contributed by atoms with Crippen molar-refractivity contribution in [3.8, 4) is 0 Å². The molecule has 0 bridgehead atoms. The van der Waals surface area contributed by atoms with Crippen molar-refractivity contribution in [1.82, 2.24) is 19.9 Å². The summed E-state index contributed by atoms with van der Waals surface area (Å²) in [5.74, 6) is 0.419. The summed E-state index contributed by atoms with van der Waals surface area (Å²) >= 11 is 6.27. The summed E-state index contributed by atoms with van der Waals surface area (Å²) in [5, 5.41) is 7.43. The Balaban J connectivity index is 1.78. The molecule has 2 fully saturated rings. The number of anilines is 1. The van der Waals surface area contributed by atoms with Crippen LogP contribution in [0.5, 0.6) is 0 Å². The summed E-state index contributed by atoms with van der Waals surface area (Å²) in [6.45, 7) is 6.11. The van der Waals surface area contributed by atoms with Gasteiger partial charge in [0.15, 0.2) is 5.65 Å². The van der Waals surface area contributed by atoms with Crippen LogP contribution in [0.15, 0.2) is 17.8 Å². The zero-order valence-electron chi connectivity index (χ0n) is 16.0. The molecule has 0 aromatic carbocycles. The van der Waals surface area contributed by atoms with Crippen molar-refractivity contribution in [3.63, 3.8) is 0 Å². The van der Waals surface area contributed by atoms with E-state index in [2.05, 4.69) is 15.4 Å². The Bertz CT molecular complexity index is 987. The van der Waals surface area contributed by atoms with Gasteiger partial charge < -0.3 is 10.1 Å². The highest BCUT2D eigenvalue weighted by Crippen LogP contribution is 2.34. The van der Waals surface area contributed by atoms with Crippen molar-refractivity contribution in [2.24, 2.45) is 0 Å². The largest absolute Gasteiger partial charge is 0.443 e. The summed E-state index contributed by atoms with van der Waals surface area (Å²) in [6, 6.07) is 1.66. The number of amides is 2. The van der Waals surface area contributed by atoms with Gasteiger partial charge in [-0.25, -0.2) is 9.78 Å². The minimum Gasteiger partial charge on any atom is -0.443 e. The Hall–Kier alpha value is -2.61. The van der Waals surface area contributed by atoms with Gasteiger partial charge in [-0.3, -0.25) is 9.69 Å². The van der Waals surface area contributed by atoms with Crippen molar-refractivity contribution in [2.45, 2.75) is 51.7 Å². The number of carbonyl (C=O) groups excluding carboxylic acids is 2. The molecule has 4 rings (SSSR count). The maximum atomic E-state index is 12.9. The highest BCUT2D eigenvalue weighted by molar-refractivity contribution is 6.29. The highest BCUT2D eigenvalue weighted by atomic mass is 35.5. The number of hydrogen-bond donors (Lipinski definition) is 1. The van der Waals surface area contributed by atoms with Crippen LogP contribution in [0.4, 0.5) is 10.6 Å². The molecule has 1 N–H and O–H groups in total. The minimum absolute atomic E-state index is 0.0446. The first kappa shape index (κ1) is 18.7. The lowest BCUT2D eigenvalue weighted by molar-refractivity contribution is -0.116. The Morgan fingerprint density at radius 2 is 2.18 bits per heavy atom. The molecule has 0 atom stereocenters. The van der Waals surface area contributed by atoms with Crippen LogP contribution in [-0.2, 0) is 9.53 Å². The summed E-state index contributed by atoms with van der Waals surface area (Å²) < 4.78 is 7.17. The van der Waals surface area contributed by atoms with E-state index < -0.39 is 11.7 Å². The lowest BCUT2D eigenvalue weighted by Gasteiger charge is -2.27. The quantitative estimate of drug-likeness (QED) is 0.628. The molecular weight excluding hydrogens is 382 g/mol. The highest BCUT2D eigenvalue weighted by Gasteiger charge is 2.38. The molecule has 2 aromatic heterocycles. The molecule has 2 aromatic rings. The third-order valence-electron chi connectivity index (χ3n) is 4.50. The van der Waals surface area contributed by atoms with Crippen molar-refractivity contribution in [2.75, 3.05) is 11.4 Å². The fourth-order valence-corrected chi connectivity index (χ4v) is 3.32. The molecule has 1 aliphatic heterocycles. The van der Waals surface area contributed by atoms with Crippen LogP contribution in [0.25, 0.3) is 11.7 Å². The Labute approximate surface area is 167 Å². The van der Waals surface area contributed by atoms with Gasteiger partial charge in [0.2, 0.25) is 5.91 Å². The first-order chi connectivity index (χ1) is 13.2. The summed E-state index contributed by atoms with van der Waals surface area (Å²) in [6.07, 6.45) is 5.38. The summed E-state index contributed by atoms with van der Waals surface area (Å²) in [7, 11) is 0. The van der Waals surface area contributed by atoms with Gasteiger partial charge in [0.05, 0.1) is 6.20 Å². The van der Waals surface area contributed by atoms with Gasteiger partial charge >= 0.3 is 6.09 Å². The van der Waals surface area contributed by atoms with Crippen LogP contribution in [0.3, 0.4) is 0 Å². The standard InChI is InChI=1S/C19H22ClN5O3/c1-19(2,3)28-18(27)24(13-4-5-13)15-9-14(20)23-16-12(10-22-25(15)16)8-11-6-7-21-17(11)26/h8-10,13H,4-7H2,1-3H3,(H,21,26). The van der Waals surface area contributed by atoms with E-state index in [0.29, 0.717) is 35.6 Å². The molecule has 1 aliphatic carbocycles. The predicted octanol–water partition coefficient (Wildman–Crippen LogP) is 3.19. The van der Waals surface area contributed by atoms with E-state index in [1.165, 1.54) is 0 Å². The van der Waals surface area contributed by atoms with Gasteiger partial charge in [0, 0.05) is 29.8 Å². The first-order valence-corrected chi connectivity index (χ1v) is 9.66. The molecule has 1 saturated carbocycles. The van der Waals surface area contributed by atoms with E-state index in [1.54, 1.807) is 27.8 Å². The van der Waals surface area contributed by atoms with Crippen molar-refractivity contribution >= 4 is 41.1 Å². The molecule has 28 heavy (non-hydrogen) atoms. The topological polar surface area (TPSA) is 88.8 Å². The average Bonchev–Trinajstić information content (AvgIpc) is 3.21. The molecule has 8 nitrogen and oxygen atoms in total. The van der Waals surface area contributed by atoms with E-state index in [1.807, 2.05) is 20.8 Å². The van der Waals surface area contributed by atoms with Gasteiger partial charge in [-0.05, 0) is 46.1 Å². The van der Waals surface area contributed by atoms with E-state index in [0.717, 1.165) is 12.8 Å². The number of aromatic nitrogens is 3. The van der Waals surface area contributed by atoms with E-state index >= 15 is 0 Å². The molecular formula is C19H22ClN5O3. The summed E-state index contributed by atoms with van der Waals surface area (Å²) in [4.78, 5) is 30.7. The Kier molecular flexibility index (Phi) is 4.53. The normalized spacial score (nSPS) is 18.6. The molecule has 0 radical (unpaired) electrons. The van der Waals surface area contributed by atoms with E-state index in [9.17, 15) is 9.59 Å². The van der Waals surface area contributed by atoms with Crippen molar-refractivity contribution < 1.29 is 14.3 Å². The van der Waals surface area contributed by atoms with E-state index in [4.69, 9.17) is 16.3 Å². The first-order valence-electron chi connectivity index (χ1n) is 9.28.